The van der Waals surface area contributed by atoms with E-state index in [-0.39, 0.29) is 12.5 Å². The Morgan fingerprint density at radius 1 is 1.54 bits per heavy atom. The zero-order chi connectivity index (χ0) is 9.84. The fourth-order valence-corrected chi connectivity index (χ4v) is 1.66. The summed E-state index contributed by atoms with van der Waals surface area (Å²) in [5, 5.41) is 18.1. The maximum Gasteiger partial charge on any atom is 0.332 e. The number of ether oxygens (including phenoxy) is 1. The van der Waals surface area contributed by atoms with Crippen molar-refractivity contribution in [3.8, 4) is 0 Å². The van der Waals surface area contributed by atoms with Crippen molar-refractivity contribution in [1.82, 2.24) is 0 Å². The fourth-order valence-electron chi connectivity index (χ4n) is 1.66. The molecule has 13 heavy (non-hydrogen) atoms. The Bertz CT molecular complexity index is 180. The lowest BCUT2D eigenvalue weighted by Gasteiger charge is -2.30. The van der Waals surface area contributed by atoms with E-state index < -0.39 is 18.2 Å². The summed E-state index contributed by atoms with van der Waals surface area (Å²) in [6, 6.07) is 0. The molecule has 1 heterocycles. The van der Waals surface area contributed by atoms with Crippen LogP contribution in [0.25, 0.3) is 0 Å². The smallest absolute Gasteiger partial charge is 0.332 e. The maximum absolute atomic E-state index is 10.6. The van der Waals surface area contributed by atoms with Crippen molar-refractivity contribution < 1.29 is 19.7 Å². The van der Waals surface area contributed by atoms with Crippen molar-refractivity contribution in [2.24, 2.45) is 0 Å². The Balaban J connectivity index is 2.47. The van der Waals surface area contributed by atoms with Gasteiger partial charge in [0.25, 0.3) is 0 Å². The molecule has 1 aliphatic heterocycles. The van der Waals surface area contributed by atoms with Crippen molar-refractivity contribution in [3.05, 3.63) is 0 Å². The van der Waals surface area contributed by atoms with Crippen molar-refractivity contribution in [2.75, 3.05) is 0 Å². The maximum atomic E-state index is 10.6. The molecule has 0 aromatic carbocycles. The quantitative estimate of drug-likeness (QED) is 0.686. The van der Waals surface area contributed by atoms with E-state index in [9.17, 15) is 9.90 Å². The molecule has 1 fully saturated rings. The van der Waals surface area contributed by atoms with Gasteiger partial charge in [-0.15, -0.1) is 0 Å². The molecule has 0 aromatic heterocycles. The van der Waals surface area contributed by atoms with E-state index >= 15 is 0 Å². The summed E-state index contributed by atoms with van der Waals surface area (Å²) >= 11 is 0. The minimum Gasteiger partial charge on any atom is -0.479 e. The summed E-state index contributed by atoms with van der Waals surface area (Å²) in [4.78, 5) is 10.6. The van der Waals surface area contributed by atoms with Gasteiger partial charge in [0.2, 0.25) is 0 Å². The zero-order valence-electron chi connectivity index (χ0n) is 7.77. The SMILES string of the molecule is CCCC1CC(O)CC(C(=O)O)O1. The van der Waals surface area contributed by atoms with Crippen LogP contribution in [0.15, 0.2) is 0 Å². The second kappa shape index (κ2) is 4.58. The lowest BCUT2D eigenvalue weighted by Crippen LogP contribution is -2.39. The molecule has 76 valence electrons. The van der Waals surface area contributed by atoms with Crippen LogP contribution in [-0.4, -0.2) is 34.5 Å². The normalized spacial score (nSPS) is 34.5. The molecule has 0 aromatic rings. The summed E-state index contributed by atoms with van der Waals surface area (Å²) in [5.74, 6) is -0.972. The van der Waals surface area contributed by atoms with Crippen molar-refractivity contribution >= 4 is 5.97 Å². The standard InChI is InChI=1S/C9H16O4/c1-2-3-7-4-6(10)5-8(13-7)9(11)12/h6-8,10H,2-5H2,1H3,(H,11,12). The summed E-state index contributed by atoms with van der Waals surface area (Å²) in [6.07, 6.45) is 1.12. The van der Waals surface area contributed by atoms with Crippen molar-refractivity contribution in [3.63, 3.8) is 0 Å². The van der Waals surface area contributed by atoms with Crippen LogP contribution in [0.3, 0.4) is 0 Å². The highest BCUT2D eigenvalue weighted by Crippen LogP contribution is 2.22. The highest BCUT2D eigenvalue weighted by Gasteiger charge is 2.31. The minimum atomic E-state index is -0.972. The van der Waals surface area contributed by atoms with Gasteiger partial charge in [-0.2, -0.15) is 0 Å². The van der Waals surface area contributed by atoms with Crippen LogP contribution < -0.4 is 0 Å². The molecule has 0 saturated carbocycles. The van der Waals surface area contributed by atoms with Gasteiger partial charge < -0.3 is 14.9 Å². The van der Waals surface area contributed by atoms with Gasteiger partial charge >= 0.3 is 5.97 Å². The second-order valence-electron chi connectivity index (χ2n) is 3.50. The van der Waals surface area contributed by atoms with Crippen LogP contribution in [0.2, 0.25) is 0 Å². The number of hydrogen-bond acceptors (Lipinski definition) is 3. The van der Waals surface area contributed by atoms with Gasteiger partial charge in [0.15, 0.2) is 6.10 Å². The first-order valence-corrected chi connectivity index (χ1v) is 4.69. The molecular weight excluding hydrogens is 172 g/mol. The summed E-state index contributed by atoms with van der Waals surface area (Å²) in [7, 11) is 0. The average molecular weight is 188 g/mol. The molecule has 2 N–H and O–H groups in total. The number of aliphatic hydroxyl groups is 1. The van der Waals surface area contributed by atoms with Gasteiger partial charge in [-0.1, -0.05) is 13.3 Å². The highest BCUT2D eigenvalue weighted by atomic mass is 16.5. The van der Waals surface area contributed by atoms with Crippen molar-refractivity contribution in [1.29, 1.82) is 0 Å². The molecule has 1 aliphatic rings. The van der Waals surface area contributed by atoms with E-state index in [4.69, 9.17) is 9.84 Å². The Morgan fingerprint density at radius 3 is 2.77 bits per heavy atom. The third-order valence-electron chi connectivity index (χ3n) is 2.26. The number of aliphatic hydroxyl groups excluding tert-OH is 1. The predicted molar refractivity (Wildman–Crippen MR) is 46.4 cm³/mol. The van der Waals surface area contributed by atoms with Crippen LogP contribution in [0.5, 0.6) is 0 Å². The van der Waals surface area contributed by atoms with Gasteiger partial charge in [-0.3, -0.25) is 0 Å². The lowest BCUT2D eigenvalue weighted by atomic mass is 9.98. The van der Waals surface area contributed by atoms with Gasteiger partial charge in [0.1, 0.15) is 0 Å². The summed E-state index contributed by atoms with van der Waals surface area (Å²) in [6.45, 7) is 2.01. The first-order chi connectivity index (χ1) is 6.13. The average Bonchev–Trinajstić information content (AvgIpc) is 2.03. The number of rotatable bonds is 3. The highest BCUT2D eigenvalue weighted by molar-refractivity contribution is 5.72. The zero-order valence-corrected chi connectivity index (χ0v) is 7.77. The van der Waals surface area contributed by atoms with E-state index in [1.54, 1.807) is 0 Å². The number of hydrogen-bond donors (Lipinski definition) is 2. The molecule has 0 bridgehead atoms. The fraction of sp³-hybridized carbons (Fsp3) is 0.889. The number of carboxylic acid groups (broad SMARTS) is 1. The molecule has 1 saturated heterocycles. The first-order valence-electron chi connectivity index (χ1n) is 4.69. The minimum absolute atomic E-state index is 0.0881. The lowest BCUT2D eigenvalue weighted by molar-refractivity contribution is -0.166. The van der Waals surface area contributed by atoms with Gasteiger partial charge in [-0.05, 0) is 12.8 Å². The molecule has 4 nitrogen and oxygen atoms in total. The monoisotopic (exact) mass is 188 g/mol. The Kier molecular flexibility index (Phi) is 3.69. The third kappa shape index (κ3) is 2.97. The van der Waals surface area contributed by atoms with E-state index in [1.165, 1.54) is 0 Å². The summed E-state index contributed by atoms with van der Waals surface area (Å²) < 4.78 is 5.30. The Morgan fingerprint density at radius 2 is 2.23 bits per heavy atom. The number of aliphatic carboxylic acids is 1. The van der Waals surface area contributed by atoms with E-state index in [0.717, 1.165) is 12.8 Å². The van der Waals surface area contributed by atoms with Gasteiger partial charge in [0.05, 0.1) is 12.2 Å². The van der Waals surface area contributed by atoms with Crippen LogP contribution in [-0.2, 0) is 9.53 Å². The predicted octanol–water partition coefficient (Wildman–Crippen LogP) is 0.780. The third-order valence-corrected chi connectivity index (χ3v) is 2.26. The molecule has 0 spiro atoms. The molecule has 3 atom stereocenters. The van der Waals surface area contributed by atoms with E-state index in [1.807, 2.05) is 6.92 Å². The van der Waals surface area contributed by atoms with Gasteiger partial charge in [-0.25, -0.2) is 4.79 Å². The number of carboxylic acids is 1. The molecule has 0 radical (unpaired) electrons. The molecular formula is C9H16O4. The van der Waals surface area contributed by atoms with Crippen LogP contribution in [0.4, 0.5) is 0 Å². The molecule has 4 heteroatoms. The first kappa shape index (κ1) is 10.5. The topological polar surface area (TPSA) is 66.8 Å². The Hall–Kier alpha value is -0.610. The number of carbonyl (C=O) groups is 1. The molecule has 3 unspecified atom stereocenters. The molecule has 0 amide bonds. The second-order valence-corrected chi connectivity index (χ2v) is 3.50. The largest absolute Gasteiger partial charge is 0.479 e. The van der Waals surface area contributed by atoms with Crippen LogP contribution >= 0.6 is 0 Å². The van der Waals surface area contributed by atoms with Crippen LogP contribution in [0.1, 0.15) is 32.6 Å². The summed E-state index contributed by atoms with van der Waals surface area (Å²) in [5.41, 5.74) is 0. The molecule has 0 aliphatic carbocycles. The van der Waals surface area contributed by atoms with Gasteiger partial charge in [0, 0.05) is 6.42 Å². The van der Waals surface area contributed by atoms with E-state index in [2.05, 4.69) is 0 Å². The van der Waals surface area contributed by atoms with Crippen molar-refractivity contribution in [2.45, 2.75) is 50.9 Å². The Labute approximate surface area is 77.5 Å². The van der Waals surface area contributed by atoms with E-state index in [0.29, 0.717) is 6.42 Å². The molecule has 1 rings (SSSR count). The van der Waals surface area contributed by atoms with Crippen LogP contribution in [0, 0.1) is 0 Å².